The first-order valence-corrected chi connectivity index (χ1v) is 8.48. The fourth-order valence-corrected chi connectivity index (χ4v) is 3.03. The largest absolute Gasteiger partial charge is 0.468 e. The van der Waals surface area contributed by atoms with Gasteiger partial charge in [0.25, 0.3) is 0 Å². The van der Waals surface area contributed by atoms with Crippen molar-refractivity contribution >= 4 is 5.96 Å². The molecule has 2 rings (SSSR count). The molecule has 6 heteroatoms. The van der Waals surface area contributed by atoms with Crippen LogP contribution in [0.1, 0.15) is 38.0 Å². The van der Waals surface area contributed by atoms with Crippen LogP contribution in [-0.4, -0.2) is 57.3 Å². The van der Waals surface area contributed by atoms with Crippen LogP contribution in [0.4, 0.5) is 0 Å². The Morgan fingerprint density at radius 1 is 1.39 bits per heavy atom. The molecule has 6 nitrogen and oxygen atoms in total. The van der Waals surface area contributed by atoms with E-state index in [0.717, 1.165) is 31.4 Å². The van der Waals surface area contributed by atoms with Gasteiger partial charge in [-0.3, -0.25) is 9.89 Å². The molecule has 1 aromatic heterocycles. The molecule has 23 heavy (non-hydrogen) atoms. The highest BCUT2D eigenvalue weighted by molar-refractivity contribution is 5.79. The van der Waals surface area contributed by atoms with Crippen molar-refractivity contribution in [2.45, 2.75) is 38.3 Å². The number of rotatable bonds is 7. The van der Waals surface area contributed by atoms with Crippen molar-refractivity contribution in [1.29, 1.82) is 0 Å². The third-order valence-corrected chi connectivity index (χ3v) is 4.19. The summed E-state index contributed by atoms with van der Waals surface area (Å²) in [7, 11) is 3.50. The Hall–Kier alpha value is -1.53. The maximum atomic E-state index is 5.67. The van der Waals surface area contributed by atoms with Crippen molar-refractivity contribution in [2.24, 2.45) is 4.99 Å². The molecular formula is C17H30N4O2. The van der Waals surface area contributed by atoms with Gasteiger partial charge in [0.15, 0.2) is 5.96 Å². The Balaban J connectivity index is 1.94. The highest BCUT2D eigenvalue weighted by Crippen LogP contribution is 2.24. The van der Waals surface area contributed by atoms with Crippen LogP contribution in [0.3, 0.4) is 0 Å². The molecule has 2 unspecified atom stereocenters. The monoisotopic (exact) mass is 322 g/mol. The average molecular weight is 322 g/mol. The summed E-state index contributed by atoms with van der Waals surface area (Å²) in [5.41, 5.74) is 0. The highest BCUT2D eigenvalue weighted by atomic mass is 16.5. The minimum Gasteiger partial charge on any atom is -0.468 e. The lowest BCUT2D eigenvalue weighted by atomic mass is 10.1. The van der Waals surface area contributed by atoms with Crippen LogP contribution < -0.4 is 10.6 Å². The Morgan fingerprint density at radius 3 is 2.78 bits per heavy atom. The van der Waals surface area contributed by atoms with Gasteiger partial charge in [0.05, 0.1) is 18.9 Å². The second-order valence-corrected chi connectivity index (χ2v) is 6.08. The first-order chi connectivity index (χ1) is 11.2. The molecule has 1 aliphatic rings. The summed E-state index contributed by atoms with van der Waals surface area (Å²) < 4.78 is 10.8. The Morgan fingerprint density at radius 2 is 2.17 bits per heavy atom. The zero-order chi connectivity index (χ0) is 16.5. The number of hydrogen-bond donors (Lipinski definition) is 2. The van der Waals surface area contributed by atoms with Crippen LogP contribution in [0.15, 0.2) is 27.8 Å². The minimum atomic E-state index is 0.211. The zero-order valence-electron chi connectivity index (χ0n) is 14.5. The molecule has 0 aromatic carbocycles. The molecule has 1 aromatic rings. The van der Waals surface area contributed by atoms with Crippen molar-refractivity contribution in [1.82, 2.24) is 15.5 Å². The summed E-state index contributed by atoms with van der Waals surface area (Å²) in [6.45, 7) is 5.74. The highest BCUT2D eigenvalue weighted by Gasteiger charge is 2.24. The maximum Gasteiger partial charge on any atom is 0.191 e. The number of guanidine groups is 1. The maximum absolute atomic E-state index is 5.67. The van der Waals surface area contributed by atoms with E-state index in [9.17, 15) is 0 Å². The van der Waals surface area contributed by atoms with Gasteiger partial charge in [-0.25, -0.2) is 0 Å². The van der Waals surface area contributed by atoms with Crippen LogP contribution in [-0.2, 0) is 4.74 Å². The quantitative estimate of drug-likeness (QED) is 0.594. The van der Waals surface area contributed by atoms with Gasteiger partial charge in [-0.2, -0.15) is 0 Å². The molecule has 2 atom stereocenters. The summed E-state index contributed by atoms with van der Waals surface area (Å²) in [5.74, 6) is 1.81. The normalized spacial score (nSPS) is 19.3. The van der Waals surface area contributed by atoms with E-state index in [-0.39, 0.29) is 12.1 Å². The number of aliphatic imine (C=N–C) groups is 1. The fourth-order valence-electron chi connectivity index (χ4n) is 3.03. The Labute approximate surface area is 139 Å². The van der Waals surface area contributed by atoms with Crippen molar-refractivity contribution in [3.05, 3.63) is 24.2 Å². The third kappa shape index (κ3) is 5.55. The molecule has 130 valence electrons. The summed E-state index contributed by atoms with van der Waals surface area (Å²) in [6.07, 6.45) is 5.59. The van der Waals surface area contributed by atoms with Gasteiger partial charge in [0.1, 0.15) is 5.76 Å². The first kappa shape index (κ1) is 17.8. The van der Waals surface area contributed by atoms with Gasteiger partial charge >= 0.3 is 0 Å². The zero-order valence-corrected chi connectivity index (χ0v) is 14.5. The molecule has 0 amide bonds. The lowest BCUT2D eigenvalue weighted by molar-refractivity contribution is 0.146. The van der Waals surface area contributed by atoms with E-state index in [1.54, 1.807) is 20.4 Å². The Bertz CT molecular complexity index is 455. The SMILES string of the molecule is CN=C(NCC(c1ccco1)N1CCCCC1)NC(C)COC. The lowest BCUT2D eigenvalue weighted by Gasteiger charge is -2.34. The molecule has 0 spiro atoms. The molecule has 2 N–H and O–H groups in total. The predicted molar refractivity (Wildman–Crippen MR) is 92.7 cm³/mol. The standard InChI is InChI=1S/C17H30N4O2/c1-14(13-22-3)20-17(18-2)19-12-15(16-8-7-11-23-16)21-9-5-4-6-10-21/h7-8,11,14-15H,4-6,9-10,12-13H2,1-3H3,(H2,18,19,20). The molecule has 0 saturated carbocycles. The number of likely N-dealkylation sites (tertiary alicyclic amines) is 1. The van der Waals surface area contributed by atoms with Crippen molar-refractivity contribution < 1.29 is 9.15 Å². The number of nitrogens with one attached hydrogen (secondary N) is 2. The van der Waals surface area contributed by atoms with Crippen LogP contribution in [0, 0.1) is 0 Å². The number of nitrogens with zero attached hydrogens (tertiary/aromatic N) is 2. The molecule has 0 bridgehead atoms. The second-order valence-electron chi connectivity index (χ2n) is 6.08. The molecule has 1 saturated heterocycles. The van der Waals surface area contributed by atoms with Crippen LogP contribution in [0.5, 0.6) is 0 Å². The number of furan rings is 1. The molecular weight excluding hydrogens is 292 g/mol. The van der Waals surface area contributed by atoms with E-state index in [0.29, 0.717) is 6.61 Å². The number of piperidine rings is 1. The van der Waals surface area contributed by atoms with E-state index in [1.165, 1.54) is 19.3 Å². The summed E-state index contributed by atoms with van der Waals surface area (Å²) in [6, 6.07) is 4.47. The van der Waals surface area contributed by atoms with E-state index < -0.39 is 0 Å². The molecule has 0 aliphatic carbocycles. The van der Waals surface area contributed by atoms with Gasteiger partial charge in [-0.1, -0.05) is 6.42 Å². The Kier molecular flexibility index (Phi) is 7.42. The van der Waals surface area contributed by atoms with Crippen LogP contribution in [0.2, 0.25) is 0 Å². The summed E-state index contributed by atoms with van der Waals surface area (Å²) in [5, 5.41) is 6.76. The summed E-state index contributed by atoms with van der Waals surface area (Å²) in [4.78, 5) is 6.80. The molecule has 2 heterocycles. The van der Waals surface area contributed by atoms with Gasteiger partial charge in [0.2, 0.25) is 0 Å². The number of hydrogen-bond acceptors (Lipinski definition) is 4. The lowest BCUT2D eigenvalue weighted by Crippen LogP contribution is -2.47. The van der Waals surface area contributed by atoms with Gasteiger partial charge in [-0.15, -0.1) is 0 Å². The first-order valence-electron chi connectivity index (χ1n) is 8.48. The van der Waals surface area contributed by atoms with Crippen LogP contribution in [0.25, 0.3) is 0 Å². The van der Waals surface area contributed by atoms with E-state index in [4.69, 9.17) is 9.15 Å². The van der Waals surface area contributed by atoms with E-state index >= 15 is 0 Å². The third-order valence-electron chi connectivity index (χ3n) is 4.19. The number of methoxy groups -OCH3 is 1. The predicted octanol–water partition coefficient (Wildman–Crippen LogP) is 2.01. The van der Waals surface area contributed by atoms with Gasteiger partial charge in [-0.05, 0) is 45.0 Å². The van der Waals surface area contributed by atoms with Crippen molar-refractivity contribution in [3.8, 4) is 0 Å². The fraction of sp³-hybridized carbons (Fsp3) is 0.706. The van der Waals surface area contributed by atoms with E-state index in [1.807, 2.05) is 6.07 Å². The summed E-state index contributed by atoms with van der Waals surface area (Å²) >= 11 is 0. The molecule has 1 aliphatic heterocycles. The van der Waals surface area contributed by atoms with Crippen molar-refractivity contribution in [3.63, 3.8) is 0 Å². The second kappa shape index (κ2) is 9.57. The number of ether oxygens (including phenoxy) is 1. The average Bonchev–Trinajstić information content (AvgIpc) is 3.09. The topological polar surface area (TPSA) is 62.0 Å². The van der Waals surface area contributed by atoms with Gasteiger partial charge < -0.3 is 19.8 Å². The molecule has 1 fully saturated rings. The molecule has 0 radical (unpaired) electrons. The minimum absolute atomic E-state index is 0.211. The van der Waals surface area contributed by atoms with E-state index in [2.05, 4.69) is 33.5 Å². The van der Waals surface area contributed by atoms with Crippen LogP contribution >= 0.6 is 0 Å². The smallest absolute Gasteiger partial charge is 0.191 e. The van der Waals surface area contributed by atoms with Crippen molar-refractivity contribution in [2.75, 3.05) is 40.4 Å². The van der Waals surface area contributed by atoms with Gasteiger partial charge in [0, 0.05) is 26.7 Å².